The maximum absolute atomic E-state index is 13.3. The number of aryl methyl sites for hydroxylation is 2. The van der Waals surface area contributed by atoms with Gasteiger partial charge in [0, 0.05) is 18.3 Å². The minimum atomic E-state index is -0.185. The lowest BCUT2D eigenvalue weighted by Gasteiger charge is -2.15. The number of halogens is 1. The largest absolute Gasteiger partial charge is 0.348 e. The summed E-state index contributed by atoms with van der Waals surface area (Å²) in [6.07, 6.45) is 1.83. The molecular weight excluding hydrogens is 406 g/mol. The van der Waals surface area contributed by atoms with Crippen molar-refractivity contribution in [1.82, 2.24) is 14.1 Å². The summed E-state index contributed by atoms with van der Waals surface area (Å²) < 4.78 is 3.36. The number of fused-ring (bicyclic) bond motifs is 1. The maximum atomic E-state index is 13.3. The molecule has 0 aliphatic rings. The monoisotopic (exact) mass is 423 g/mol. The zero-order valence-electron chi connectivity index (χ0n) is 15.9. The van der Waals surface area contributed by atoms with Crippen molar-refractivity contribution < 1.29 is 4.79 Å². The van der Waals surface area contributed by atoms with Crippen LogP contribution in [0.15, 0.2) is 70.7 Å². The van der Waals surface area contributed by atoms with Crippen LogP contribution in [0, 0.1) is 6.92 Å². The van der Waals surface area contributed by atoms with Gasteiger partial charge in [0.1, 0.15) is 0 Å². The summed E-state index contributed by atoms with van der Waals surface area (Å²) in [5.41, 5.74) is 2.64. The molecule has 146 valence electrons. The molecule has 0 saturated carbocycles. The first-order chi connectivity index (χ1) is 14.0. The molecule has 0 aliphatic carbocycles. The number of rotatable bonds is 5. The van der Waals surface area contributed by atoms with Crippen molar-refractivity contribution >= 4 is 40.0 Å². The van der Waals surface area contributed by atoms with Crippen LogP contribution in [0.25, 0.3) is 16.6 Å². The van der Waals surface area contributed by atoms with Crippen LogP contribution in [0.1, 0.15) is 16.1 Å². The van der Waals surface area contributed by atoms with Gasteiger partial charge in [-0.2, -0.15) is 0 Å². The van der Waals surface area contributed by atoms with Crippen molar-refractivity contribution in [2.75, 3.05) is 5.75 Å². The standard InChI is InChI=1S/C22H18ClN3O2S/c1-14-6-3-4-7-18(14)26-21(28)16-10-9-15(23)12-17(16)24-22(26)29-13-20(27)19-8-5-11-25(19)2/h3-12H,13H2,1-2H3. The SMILES string of the molecule is Cc1ccccc1-n1c(SCC(=O)c2cccn2C)nc2cc(Cl)ccc2c1=O. The van der Waals surface area contributed by atoms with E-state index in [1.807, 2.05) is 50.5 Å². The maximum Gasteiger partial charge on any atom is 0.266 e. The van der Waals surface area contributed by atoms with Crippen molar-refractivity contribution in [2.45, 2.75) is 12.1 Å². The van der Waals surface area contributed by atoms with E-state index in [-0.39, 0.29) is 17.1 Å². The molecule has 0 N–H and O–H groups in total. The van der Waals surface area contributed by atoms with Crippen molar-refractivity contribution in [3.8, 4) is 5.69 Å². The van der Waals surface area contributed by atoms with E-state index in [1.165, 1.54) is 11.8 Å². The summed E-state index contributed by atoms with van der Waals surface area (Å²) in [7, 11) is 1.83. The molecule has 2 heterocycles. The average molecular weight is 424 g/mol. The quantitative estimate of drug-likeness (QED) is 0.266. The zero-order chi connectivity index (χ0) is 20.5. The molecule has 0 atom stereocenters. The molecule has 0 spiro atoms. The van der Waals surface area contributed by atoms with Gasteiger partial charge in [-0.05, 0) is 48.9 Å². The highest BCUT2D eigenvalue weighted by Gasteiger charge is 2.17. The van der Waals surface area contributed by atoms with Gasteiger partial charge >= 0.3 is 0 Å². The first-order valence-corrected chi connectivity index (χ1v) is 10.4. The van der Waals surface area contributed by atoms with Crippen LogP contribution < -0.4 is 5.56 Å². The summed E-state index contributed by atoms with van der Waals surface area (Å²) in [6.45, 7) is 1.94. The molecule has 4 aromatic rings. The van der Waals surface area contributed by atoms with Crippen molar-refractivity contribution in [2.24, 2.45) is 7.05 Å². The molecular formula is C22H18ClN3O2S. The van der Waals surface area contributed by atoms with Gasteiger partial charge in [0.05, 0.1) is 28.0 Å². The molecule has 0 saturated heterocycles. The fourth-order valence-corrected chi connectivity index (χ4v) is 4.26. The summed E-state index contributed by atoms with van der Waals surface area (Å²) in [6, 6.07) is 16.3. The minimum absolute atomic E-state index is 0.0285. The number of benzene rings is 2. The van der Waals surface area contributed by atoms with E-state index in [2.05, 4.69) is 4.98 Å². The zero-order valence-corrected chi connectivity index (χ0v) is 17.5. The topological polar surface area (TPSA) is 56.9 Å². The van der Waals surface area contributed by atoms with Crippen molar-refractivity contribution in [3.05, 3.63) is 87.4 Å². The molecule has 2 aromatic heterocycles. The molecule has 7 heteroatoms. The predicted molar refractivity (Wildman–Crippen MR) is 118 cm³/mol. The van der Waals surface area contributed by atoms with E-state index in [4.69, 9.17) is 11.6 Å². The van der Waals surface area contributed by atoms with Crippen LogP contribution in [0.5, 0.6) is 0 Å². The number of ketones is 1. The molecule has 4 rings (SSSR count). The summed E-state index contributed by atoms with van der Waals surface area (Å²) in [5.74, 6) is 0.140. The van der Waals surface area contributed by atoms with Crippen LogP contribution in [-0.2, 0) is 7.05 Å². The lowest BCUT2D eigenvalue weighted by atomic mass is 10.2. The summed E-state index contributed by atoms with van der Waals surface area (Å²) >= 11 is 7.35. The smallest absolute Gasteiger partial charge is 0.266 e. The molecule has 0 fully saturated rings. The van der Waals surface area contributed by atoms with E-state index in [9.17, 15) is 9.59 Å². The molecule has 0 unspecified atom stereocenters. The van der Waals surface area contributed by atoms with Crippen molar-refractivity contribution in [1.29, 1.82) is 0 Å². The van der Waals surface area contributed by atoms with Gasteiger partial charge in [0.15, 0.2) is 10.9 Å². The van der Waals surface area contributed by atoms with Gasteiger partial charge in [-0.1, -0.05) is 41.6 Å². The van der Waals surface area contributed by atoms with Gasteiger partial charge in [0.2, 0.25) is 0 Å². The van der Waals surface area contributed by atoms with Gasteiger partial charge in [-0.15, -0.1) is 0 Å². The summed E-state index contributed by atoms with van der Waals surface area (Å²) in [4.78, 5) is 30.6. The molecule has 0 aliphatic heterocycles. The minimum Gasteiger partial charge on any atom is -0.348 e. The number of aromatic nitrogens is 3. The number of para-hydroxylation sites is 1. The summed E-state index contributed by atoms with van der Waals surface area (Å²) in [5, 5.41) is 1.45. The Hall–Kier alpha value is -2.83. The number of hydrogen-bond donors (Lipinski definition) is 0. The van der Waals surface area contributed by atoms with Crippen LogP contribution in [0.2, 0.25) is 5.02 Å². The average Bonchev–Trinajstić information content (AvgIpc) is 3.13. The Balaban J connectivity index is 1.84. The normalized spacial score (nSPS) is 11.1. The Morgan fingerprint density at radius 2 is 1.93 bits per heavy atom. The highest BCUT2D eigenvalue weighted by Crippen LogP contribution is 2.25. The van der Waals surface area contributed by atoms with Gasteiger partial charge in [-0.3, -0.25) is 14.2 Å². The van der Waals surface area contributed by atoms with E-state index in [0.717, 1.165) is 11.3 Å². The molecule has 29 heavy (non-hydrogen) atoms. The third-order valence-electron chi connectivity index (χ3n) is 4.72. The van der Waals surface area contributed by atoms with E-state index in [0.29, 0.717) is 26.8 Å². The third kappa shape index (κ3) is 3.73. The Labute approximate surface area is 177 Å². The molecule has 0 radical (unpaired) electrons. The lowest BCUT2D eigenvalue weighted by molar-refractivity contribution is 0.101. The second-order valence-electron chi connectivity index (χ2n) is 6.70. The Morgan fingerprint density at radius 3 is 2.66 bits per heavy atom. The van der Waals surface area contributed by atoms with E-state index < -0.39 is 0 Å². The second-order valence-corrected chi connectivity index (χ2v) is 8.08. The highest BCUT2D eigenvalue weighted by molar-refractivity contribution is 7.99. The number of thioether (sulfide) groups is 1. The van der Waals surface area contributed by atoms with Crippen LogP contribution in [0.3, 0.4) is 0 Å². The number of Topliss-reactive ketones (excluding diaryl/α,β-unsaturated/α-hetero) is 1. The van der Waals surface area contributed by atoms with Gasteiger partial charge in [-0.25, -0.2) is 4.98 Å². The molecule has 5 nitrogen and oxygen atoms in total. The molecule has 0 bridgehead atoms. The first kappa shape index (κ1) is 19.5. The fraction of sp³-hybridized carbons (Fsp3) is 0.136. The Bertz CT molecular complexity index is 1290. The lowest BCUT2D eigenvalue weighted by Crippen LogP contribution is -2.23. The van der Waals surface area contributed by atoms with Crippen molar-refractivity contribution in [3.63, 3.8) is 0 Å². The van der Waals surface area contributed by atoms with E-state index in [1.54, 1.807) is 33.4 Å². The van der Waals surface area contributed by atoms with Gasteiger partial charge in [0.25, 0.3) is 5.56 Å². The Morgan fingerprint density at radius 1 is 1.14 bits per heavy atom. The highest BCUT2D eigenvalue weighted by atomic mass is 35.5. The molecule has 2 aromatic carbocycles. The number of carbonyl (C=O) groups is 1. The van der Waals surface area contributed by atoms with Crippen LogP contribution in [-0.4, -0.2) is 25.7 Å². The second kappa shape index (κ2) is 7.89. The first-order valence-electron chi connectivity index (χ1n) is 9.01. The Kier molecular flexibility index (Phi) is 5.30. The van der Waals surface area contributed by atoms with Crippen LogP contribution >= 0.6 is 23.4 Å². The predicted octanol–water partition coefficient (Wildman–Crippen LogP) is 4.66. The van der Waals surface area contributed by atoms with Crippen LogP contribution in [0.4, 0.5) is 0 Å². The number of carbonyl (C=O) groups excluding carboxylic acids is 1. The van der Waals surface area contributed by atoms with Gasteiger partial charge < -0.3 is 4.57 Å². The van der Waals surface area contributed by atoms with E-state index >= 15 is 0 Å². The fourth-order valence-electron chi connectivity index (χ4n) is 3.22. The number of nitrogens with zero attached hydrogens (tertiary/aromatic N) is 3. The molecule has 0 amide bonds. The number of hydrogen-bond acceptors (Lipinski definition) is 4. The third-order valence-corrected chi connectivity index (χ3v) is 5.89.